The van der Waals surface area contributed by atoms with E-state index in [1.54, 1.807) is 0 Å². The number of unbranched alkanes of at least 4 members (excludes halogenated alkanes) is 1. The minimum absolute atomic E-state index is 0.723. The van der Waals surface area contributed by atoms with Crippen LogP contribution in [0.25, 0.3) is 0 Å². The van der Waals surface area contributed by atoms with E-state index in [0.29, 0.717) is 0 Å². The van der Waals surface area contributed by atoms with Crippen molar-refractivity contribution in [2.24, 2.45) is 0 Å². The van der Waals surface area contributed by atoms with Crippen molar-refractivity contribution in [3.63, 3.8) is 0 Å². The highest BCUT2D eigenvalue weighted by Crippen LogP contribution is 2.09. The molecule has 0 aliphatic rings. The molecule has 0 amide bonds. The lowest BCUT2D eigenvalue weighted by Gasteiger charge is -2.08. The zero-order chi connectivity index (χ0) is 11.8. The maximum atomic E-state index is 4.41. The molecule has 0 saturated carbocycles. The Balaban J connectivity index is 2.58. The van der Waals surface area contributed by atoms with Crippen molar-refractivity contribution in [3.05, 3.63) is 11.8 Å². The highest BCUT2D eigenvalue weighted by atomic mass is 15.1. The average molecular weight is 222 g/mol. The van der Waals surface area contributed by atoms with Crippen LogP contribution in [0.1, 0.15) is 38.8 Å². The van der Waals surface area contributed by atoms with Crippen LogP contribution in [0.15, 0.2) is 6.07 Å². The first-order valence-corrected chi connectivity index (χ1v) is 6.09. The summed E-state index contributed by atoms with van der Waals surface area (Å²) in [4.78, 5) is 8.75. The molecule has 0 bridgehead atoms. The number of rotatable bonds is 7. The van der Waals surface area contributed by atoms with Gasteiger partial charge < -0.3 is 10.6 Å². The fourth-order valence-electron chi connectivity index (χ4n) is 1.37. The lowest BCUT2D eigenvalue weighted by molar-refractivity contribution is 0.829. The molecule has 0 saturated heterocycles. The van der Waals surface area contributed by atoms with Gasteiger partial charge in [0.2, 0.25) is 5.95 Å². The molecule has 90 valence electrons. The van der Waals surface area contributed by atoms with Crippen LogP contribution >= 0.6 is 0 Å². The fraction of sp³-hybridized carbons (Fsp3) is 0.667. The maximum absolute atomic E-state index is 4.41. The third-order valence-electron chi connectivity index (χ3n) is 2.22. The van der Waals surface area contributed by atoms with Crippen molar-refractivity contribution in [2.75, 3.05) is 23.7 Å². The second kappa shape index (κ2) is 7.04. The zero-order valence-corrected chi connectivity index (χ0v) is 10.5. The lowest BCUT2D eigenvalue weighted by atomic mass is 10.3. The lowest BCUT2D eigenvalue weighted by Crippen LogP contribution is -2.09. The molecule has 0 spiro atoms. The van der Waals surface area contributed by atoms with Crippen LogP contribution in [0.4, 0.5) is 11.8 Å². The van der Waals surface area contributed by atoms with Gasteiger partial charge in [0.15, 0.2) is 0 Å². The number of nitrogens with zero attached hydrogens (tertiary/aromatic N) is 2. The van der Waals surface area contributed by atoms with Gasteiger partial charge in [-0.2, -0.15) is 4.98 Å². The van der Waals surface area contributed by atoms with Crippen molar-refractivity contribution >= 4 is 11.8 Å². The molecule has 16 heavy (non-hydrogen) atoms. The van der Waals surface area contributed by atoms with Crippen molar-refractivity contribution in [2.45, 2.75) is 40.0 Å². The van der Waals surface area contributed by atoms with Gasteiger partial charge in [-0.25, -0.2) is 4.98 Å². The Kier molecular flexibility index (Phi) is 5.61. The van der Waals surface area contributed by atoms with Crippen molar-refractivity contribution in [3.8, 4) is 0 Å². The zero-order valence-electron chi connectivity index (χ0n) is 10.5. The molecule has 1 aromatic rings. The van der Waals surface area contributed by atoms with E-state index in [4.69, 9.17) is 0 Å². The normalized spacial score (nSPS) is 10.2. The van der Waals surface area contributed by atoms with Gasteiger partial charge in [-0.05, 0) is 19.8 Å². The molecule has 4 nitrogen and oxygen atoms in total. The Morgan fingerprint density at radius 2 is 1.88 bits per heavy atom. The van der Waals surface area contributed by atoms with E-state index in [0.717, 1.165) is 37.0 Å². The fourth-order valence-corrected chi connectivity index (χ4v) is 1.37. The molecule has 0 aliphatic heterocycles. The average Bonchev–Trinajstić information content (AvgIpc) is 2.26. The van der Waals surface area contributed by atoms with Crippen LogP contribution in [-0.2, 0) is 0 Å². The predicted octanol–water partition coefficient (Wildman–Crippen LogP) is 2.82. The third-order valence-corrected chi connectivity index (χ3v) is 2.22. The Morgan fingerprint density at radius 3 is 2.56 bits per heavy atom. The summed E-state index contributed by atoms with van der Waals surface area (Å²) >= 11 is 0. The number of anilines is 2. The number of aryl methyl sites for hydroxylation is 1. The van der Waals surface area contributed by atoms with E-state index in [9.17, 15) is 0 Å². The van der Waals surface area contributed by atoms with Gasteiger partial charge in [-0.15, -0.1) is 0 Å². The first-order chi connectivity index (χ1) is 7.76. The minimum Gasteiger partial charge on any atom is -0.370 e. The van der Waals surface area contributed by atoms with E-state index in [1.165, 1.54) is 12.8 Å². The summed E-state index contributed by atoms with van der Waals surface area (Å²) in [5.41, 5.74) is 0.993. The largest absolute Gasteiger partial charge is 0.370 e. The van der Waals surface area contributed by atoms with Crippen LogP contribution in [0.5, 0.6) is 0 Å². The molecule has 0 unspecified atom stereocenters. The predicted molar refractivity (Wildman–Crippen MR) is 68.9 cm³/mol. The van der Waals surface area contributed by atoms with Crippen molar-refractivity contribution in [1.82, 2.24) is 9.97 Å². The molecule has 2 N–H and O–H groups in total. The summed E-state index contributed by atoms with van der Waals surface area (Å²) in [6, 6.07) is 1.98. The van der Waals surface area contributed by atoms with E-state index in [1.807, 2.05) is 13.0 Å². The summed E-state index contributed by atoms with van der Waals surface area (Å²) in [5.74, 6) is 1.64. The highest BCUT2D eigenvalue weighted by Gasteiger charge is 2.00. The SMILES string of the molecule is CCCCNc1cc(C)nc(NCCC)n1. The summed E-state index contributed by atoms with van der Waals surface area (Å²) in [5, 5.41) is 6.52. The van der Waals surface area contributed by atoms with E-state index in [-0.39, 0.29) is 0 Å². The molecule has 0 aromatic carbocycles. The van der Waals surface area contributed by atoms with E-state index >= 15 is 0 Å². The van der Waals surface area contributed by atoms with Gasteiger partial charge in [0.05, 0.1) is 0 Å². The minimum atomic E-state index is 0.723. The Hall–Kier alpha value is -1.32. The summed E-state index contributed by atoms with van der Waals surface area (Å²) in [6.45, 7) is 8.19. The van der Waals surface area contributed by atoms with E-state index in [2.05, 4.69) is 34.4 Å². The quantitative estimate of drug-likeness (QED) is 0.696. The summed E-state index contributed by atoms with van der Waals surface area (Å²) in [6.07, 6.45) is 3.44. The van der Waals surface area contributed by atoms with Gasteiger partial charge in [-0.3, -0.25) is 0 Å². The monoisotopic (exact) mass is 222 g/mol. The second-order valence-electron chi connectivity index (χ2n) is 3.93. The molecule has 0 aliphatic carbocycles. The Morgan fingerprint density at radius 1 is 1.06 bits per heavy atom. The summed E-state index contributed by atoms with van der Waals surface area (Å²) < 4.78 is 0. The van der Waals surface area contributed by atoms with Gasteiger partial charge in [0.1, 0.15) is 5.82 Å². The molecule has 4 heteroatoms. The van der Waals surface area contributed by atoms with Crippen LogP contribution in [0.2, 0.25) is 0 Å². The Labute approximate surface area is 97.9 Å². The number of aromatic nitrogens is 2. The van der Waals surface area contributed by atoms with Crippen LogP contribution in [-0.4, -0.2) is 23.1 Å². The molecular formula is C12H22N4. The number of nitrogens with one attached hydrogen (secondary N) is 2. The maximum Gasteiger partial charge on any atom is 0.224 e. The topological polar surface area (TPSA) is 49.8 Å². The van der Waals surface area contributed by atoms with E-state index < -0.39 is 0 Å². The highest BCUT2D eigenvalue weighted by molar-refractivity contribution is 5.41. The first-order valence-electron chi connectivity index (χ1n) is 6.09. The van der Waals surface area contributed by atoms with Crippen LogP contribution < -0.4 is 10.6 Å². The molecule has 1 aromatic heterocycles. The Bertz CT molecular complexity index is 312. The smallest absolute Gasteiger partial charge is 0.224 e. The number of hydrogen-bond acceptors (Lipinski definition) is 4. The van der Waals surface area contributed by atoms with Gasteiger partial charge in [0, 0.05) is 24.8 Å². The second-order valence-corrected chi connectivity index (χ2v) is 3.93. The van der Waals surface area contributed by atoms with Crippen molar-refractivity contribution < 1.29 is 0 Å². The standard InChI is InChI=1S/C12H22N4/c1-4-6-8-13-11-9-10(3)15-12(16-11)14-7-5-2/h9H,4-8H2,1-3H3,(H2,13,14,15,16). The van der Waals surface area contributed by atoms with Crippen LogP contribution in [0.3, 0.4) is 0 Å². The van der Waals surface area contributed by atoms with Crippen LogP contribution in [0, 0.1) is 6.92 Å². The number of hydrogen-bond donors (Lipinski definition) is 2. The van der Waals surface area contributed by atoms with Gasteiger partial charge >= 0.3 is 0 Å². The van der Waals surface area contributed by atoms with Gasteiger partial charge in [-0.1, -0.05) is 20.3 Å². The first kappa shape index (κ1) is 12.7. The third kappa shape index (κ3) is 4.47. The van der Waals surface area contributed by atoms with Gasteiger partial charge in [0.25, 0.3) is 0 Å². The molecule has 0 atom stereocenters. The van der Waals surface area contributed by atoms with Crippen molar-refractivity contribution in [1.29, 1.82) is 0 Å². The summed E-state index contributed by atoms with van der Waals surface area (Å²) in [7, 11) is 0. The molecular weight excluding hydrogens is 200 g/mol. The molecule has 0 fully saturated rings. The molecule has 1 heterocycles. The molecule has 1 rings (SSSR count). The molecule has 0 radical (unpaired) electrons.